The number of hydrogen-bond acceptors (Lipinski definition) is 3. The molecule has 0 radical (unpaired) electrons. The Bertz CT molecular complexity index is 804. The summed E-state index contributed by atoms with van der Waals surface area (Å²) in [6.07, 6.45) is 2.47. The molecule has 27 heavy (non-hydrogen) atoms. The summed E-state index contributed by atoms with van der Waals surface area (Å²) in [7, 11) is 0. The molecule has 2 aromatic rings. The van der Waals surface area contributed by atoms with Crippen LogP contribution in [0.2, 0.25) is 0 Å². The summed E-state index contributed by atoms with van der Waals surface area (Å²) in [5.41, 5.74) is 4.81. The van der Waals surface area contributed by atoms with E-state index in [0.717, 1.165) is 35.6 Å². The zero-order valence-corrected chi connectivity index (χ0v) is 16.3. The summed E-state index contributed by atoms with van der Waals surface area (Å²) < 4.78 is 0. The molecular formula is C22H27N3O2. The molecule has 3 rings (SSSR count). The molecule has 0 unspecified atom stereocenters. The molecule has 2 aromatic carbocycles. The fourth-order valence-electron chi connectivity index (χ4n) is 3.57. The summed E-state index contributed by atoms with van der Waals surface area (Å²) in [6, 6.07) is 13.8. The molecule has 1 aliphatic rings. The molecule has 0 atom stereocenters. The van der Waals surface area contributed by atoms with Crippen LogP contribution in [0.15, 0.2) is 42.5 Å². The second kappa shape index (κ2) is 8.25. The molecule has 1 aliphatic heterocycles. The number of carbonyl (C=O) groups is 2. The van der Waals surface area contributed by atoms with Crippen molar-refractivity contribution in [1.82, 2.24) is 0 Å². The molecule has 1 N–H and O–H groups in total. The number of amides is 2. The van der Waals surface area contributed by atoms with Crippen LogP contribution in [0.4, 0.5) is 17.1 Å². The number of anilines is 3. The number of nitrogens with one attached hydrogen (secondary N) is 1. The Kier molecular flexibility index (Phi) is 5.79. The first-order valence-corrected chi connectivity index (χ1v) is 9.43. The average molecular weight is 365 g/mol. The van der Waals surface area contributed by atoms with Gasteiger partial charge in [0.15, 0.2) is 0 Å². The highest BCUT2D eigenvalue weighted by Gasteiger charge is 2.17. The third-order valence-electron chi connectivity index (χ3n) is 4.82. The zero-order valence-electron chi connectivity index (χ0n) is 16.3. The number of nitrogens with zero attached hydrogens (tertiary/aromatic N) is 2. The summed E-state index contributed by atoms with van der Waals surface area (Å²) in [5.74, 6) is -0.363. The largest absolute Gasteiger partial charge is 0.372 e. The van der Waals surface area contributed by atoms with Crippen molar-refractivity contribution in [2.75, 3.05) is 34.8 Å². The molecule has 142 valence electrons. The van der Waals surface area contributed by atoms with Crippen molar-refractivity contribution >= 4 is 28.9 Å². The van der Waals surface area contributed by atoms with Crippen LogP contribution >= 0.6 is 0 Å². The van der Waals surface area contributed by atoms with Crippen molar-refractivity contribution in [3.05, 3.63) is 53.6 Å². The predicted octanol–water partition coefficient (Wildman–Crippen LogP) is 3.90. The van der Waals surface area contributed by atoms with Crippen LogP contribution in [0.1, 0.15) is 30.9 Å². The SMILES string of the molecule is CC(=O)N(CC(=O)Nc1ccc(N2CCCC2)cc1)c1cc(C)cc(C)c1. The van der Waals surface area contributed by atoms with Gasteiger partial charge in [0.05, 0.1) is 0 Å². The Morgan fingerprint density at radius 1 is 1.00 bits per heavy atom. The quantitative estimate of drug-likeness (QED) is 0.874. The number of benzene rings is 2. The number of aryl methyl sites for hydroxylation is 2. The van der Waals surface area contributed by atoms with Crippen LogP contribution in [-0.4, -0.2) is 31.4 Å². The maximum absolute atomic E-state index is 12.5. The molecule has 0 aliphatic carbocycles. The van der Waals surface area contributed by atoms with E-state index in [9.17, 15) is 9.59 Å². The van der Waals surface area contributed by atoms with E-state index in [0.29, 0.717) is 0 Å². The van der Waals surface area contributed by atoms with E-state index in [1.54, 1.807) is 0 Å². The van der Waals surface area contributed by atoms with E-state index < -0.39 is 0 Å². The van der Waals surface area contributed by atoms with Gasteiger partial charge in [-0.05, 0) is 74.2 Å². The van der Waals surface area contributed by atoms with Gasteiger partial charge in [-0.3, -0.25) is 9.59 Å². The maximum Gasteiger partial charge on any atom is 0.244 e. The van der Waals surface area contributed by atoms with Gasteiger partial charge < -0.3 is 15.1 Å². The summed E-state index contributed by atoms with van der Waals surface area (Å²) in [5, 5.41) is 2.89. The molecule has 0 aromatic heterocycles. The normalized spacial score (nSPS) is 13.5. The van der Waals surface area contributed by atoms with Crippen LogP contribution in [0.3, 0.4) is 0 Å². The Morgan fingerprint density at radius 3 is 2.15 bits per heavy atom. The molecule has 1 saturated heterocycles. The van der Waals surface area contributed by atoms with Crippen LogP contribution in [0.5, 0.6) is 0 Å². The second-order valence-electron chi connectivity index (χ2n) is 7.24. The number of hydrogen-bond donors (Lipinski definition) is 1. The molecule has 0 spiro atoms. The standard InChI is InChI=1S/C22H27N3O2/c1-16-12-17(2)14-21(13-16)25(18(3)26)15-22(27)23-19-6-8-20(9-7-19)24-10-4-5-11-24/h6-9,12-14H,4-5,10-11,15H2,1-3H3,(H,23,27). The molecule has 2 amide bonds. The Morgan fingerprint density at radius 2 is 1.59 bits per heavy atom. The number of rotatable bonds is 5. The smallest absolute Gasteiger partial charge is 0.244 e. The highest BCUT2D eigenvalue weighted by atomic mass is 16.2. The van der Waals surface area contributed by atoms with Crippen LogP contribution in [0, 0.1) is 13.8 Å². The topological polar surface area (TPSA) is 52.7 Å². The monoisotopic (exact) mass is 365 g/mol. The lowest BCUT2D eigenvalue weighted by Crippen LogP contribution is -2.36. The van der Waals surface area contributed by atoms with Crippen molar-refractivity contribution in [2.24, 2.45) is 0 Å². The van der Waals surface area contributed by atoms with Crippen molar-refractivity contribution < 1.29 is 9.59 Å². The first kappa shape index (κ1) is 19.0. The van der Waals surface area contributed by atoms with E-state index in [4.69, 9.17) is 0 Å². The molecule has 1 fully saturated rings. The average Bonchev–Trinajstić information content (AvgIpc) is 3.14. The van der Waals surface area contributed by atoms with E-state index >= 15 is 0 Å². The lowest BCUT2D eigenvalue weighted by atomic mass is 10.1. The minimum Gasteiger partial charge on any atom is -0.372 e. The second-order valence-corrected chi connectivity index (χ2v) is 7.24. The number of carbonyl (C=O) groups excluding carboxylic acids is 2. The Labute approximate surface area is 161 Å². The fourth-order valence-corrected chi connectivity index (χ4v) is 3.57. The highest BCUT2D eigenvalue weighted by molar-refractivity contribution is 6.01. The van der Waals surface area contributed by atoms with E-state index in [-0.39, 0.29) is 18.4 Å². The van der Waals surface area contributed by atoms with Crippen LogP contribution in [0.25, 0.3) is 0 Å². The molecule has 0 bridgehead atoms. The molecule has 5 heteroatoms. The van der Waals surface area contributed by atoms with Gasteiger partial charge in [0.2, 0.25) is 11.8 Å². The first-order chi connectivity index (χ1) is 12.9. The maximum atomic E-state index is 12.5. The summed E-state index contributed by atoms with van der Waals surface area (Å²) in [4.78, 5) is 28.4. The van der Waals surface area contributed by atoms with Crippen LogP contribution in [-0.2, 0) is 9.59 Å². The van der Waals surface area contributed by atoms with Gasteiger partial charge in [-0.2, -0.15) is 0 Å². The lowest BCUT2D eigenvalue weighted by molar-refractivity contribution is -0.120. The zero-order chi connectivity index (χ0) is 19.4. The Balaban J connectivity index is 1.66. The fraction of sp³-hybridized carbons (Fsp3) is 0.364. The van der Waals surface area contributed by atoms with Gasteiger partial charge in [-0.1, -0.05) is 6.07 Å². The van der Waals surface area contributed by atoms with Crippen LogP contribution < -0.4 is 15.1 Å². The van der Waals surface area contributed by atoms with Crippen molar-refractivity contribution in [2.45, 2.75) is 33.6 Å². The summed E-state index contributed by atoms with van der Waals surface area (Å²) in [6.45, 7) is 7.62. The Hall–Kier alpha value is -2.82. The third-order valence-corrected chi connectivity index (χ3v) is 4.82. The van der Waals surface area contributed by atoms with Gasteiger partial charge in [0.1, 0.15) is 6.54 Å². The minimum atomic E-state index is -0.210. The van der Waals surface area contributed by atoms with Gasteiger partial charge in [-0.15, -0.1) is 0 Å². The first-order valence-electron chi connectivity index (χ1n) is 9.43. The minimum absolute atomic E-state index is 0.00783. The predicted molar refractivity (Wildman–Crippen MR) is 110 cm³/mol. The van der Waals surface area contributed by atoms with E-state index in [2.05, 4.69) is 10.2 Å². The van der Waals surface area contributed by atoms with Crippen molar-refractivity contribution in [1.29, 1.82) is 0 Å². The highest BCUT2D eigenvalue weighted by Crippen LogP contribution is 2.22. The van der Waals surface area contributed by atoms with Gasteiger partial charge in [-0.25, -0.2) is 0 Å². The third kappa shape index (κ3) is 4.88. The van der Waals surface area contributed by atoms with Gasteiger partial charge >= 0.3 is 0 Å². The van der Waals surface area contributed by atoms with E-state index in [1.807, 2.05) is 56.3 Å². The molecular weight excluding hydrogens is 338 g/mol. The van der Waals surface area contributed by atoms with Crippen molar-refractivity contribution in [3.63, 3.8) is 0 Å². The molecule has 0 saturated carbocycles. The molecule has 1 heterocycles. The van der Waals surface area contributed by atoms with E-state index in [1.165, 1.54) is 30.4 Å². The van der Waals surface area contributed by atoms with Gasteiger partial charge in [0.25, 0.3) is 0 Å². The lowest BCUT2D eigenvalue weighted by Gasteiger charge is -2.22. The summed E-state index contributed by atoms with van der Waals surface area (Å²) >= 11 is 0. The van der Waals surface area contributed by atoms with Gasteiger partial charge in [0, 0.05) is 37.1 Å². The molecule has 5 nitrogen and oxygen atoms in total. The van der Waals surface area contributed by atoms with Crippen molar-refractivity contribution in [3.8, 4) is 0 Å².